The molecule has 0 aliphatic carbocycles. The molecule has 0 aliphatic heterocycles. The molecule has 0 N–H and O–H groups in total. The van der Waals surface area contributed by atoms with Crippen LogP contribution >= 0.6 is 31.7 Å². The zero-order chi connectivity index (χ0) is 4.99. The van der Waals surface area contributed by atoms with Crippen LogP contribution in [-0.2, 0) is 0 Å². The van der Waals surface area contributed by atoms with Crippen molar-refractivity contribution in [2.75, 3.05) is 5.88 Å². The first-order valence-electron chi connectivity index (χ1n) is 1.61. The van der Waals surface area contributed by atoms with Crippen LogP contribution in [0.15, 0.2) is 0 Å². The largest absolute Gasteiger partial charge is 0.520 e. The molecule has 0 aromatic heterocycles. The number of alkyl halides is 1. The molecule has 0 unspecified atom stereocenters. The van der Waals surface area contributed by atoms with Gasteiger partial charge in [0.05, 0.1) is 0 Å². The molecule has 0 fully saturated rings. The van der Waals surface area contributed by atoms with Crippen molar-refractivity contribution in [3.63, 3.8) is 0 Å². The lowest BCUT2D eigenvalue weighted by atomic mass is 11.0. The Kier molecular flexibility index (Phi) is 5.62. The van der Waals surface area contributed by atoms with E-state index in [-0.39, 0.29) is 0 Å². The second kappa shape index (κ2) is 4.56. The Hall–Kier alpha value is 1.40. The first-order valence-corrected chi connectivity index (χ1v) is 6.45. The van der Waals surface area contributed by atoms with Gasteiger partial charge in [0, 0.05) is 5.88 Å². The minimum Gasteiger partial charge on any atom is -0.234 e. The maximum atomic E-state index is 5.40. The first kappa shape index (κ1) is 7.40. The summed E-state index contributed by atoms with van der Waals surface area (Å²) >= 11 is 3.90. The second-order valence-electron chi connectivity index (χ2n) is 0.869. The summed E-state index contributed by atoms with van der Waals surface area (Å²) in [6.07, 6.45) is 0. The molecule has 0 amide bonds. The van der Waals surface area contributed by atoms with Crippen LogP contribution in [0.25, 0.3) is 0 Å². The Morgan fingerprint density at radius 2 is 1.83 bits per heavy atom. The van der Waals surface area contributed by atoms with Gasteiger partial charge in [-0.2, -0.15) is 0 Å². The van der Waals surface area contributed by atoms with E-state index in [4.69, 9.17) is 31.7 Å². The molecule has 0 bridgehead atoms. The van der Waals surface area contributed by atoms with Gasteiger partial charge in [-0.3, -0.25) is 0 Å². The van der Waals surface area contributed by atoms with Gasteiger partial charge in [-0.25, -0.2) is 20.1 Å². The van der Waals surface area contributed by atoms with Gasteiger partial charge in [0.25, 0.3) is 0 Å². The SMILES string of the molecule is ClC[CH2][Al]([Cl])[Cl]. The Balaban J connectivity index is 2.63. The van der Waals surface area contributed by atoms with Gasteiger partial charge in [-0.15, -0.1) is 11.6 Å². The van der Waals surface area contributed by atoms with Gasteiger partial charge in [0.1, 0.15) is 0 Å². The van der Waals surface area contributed by atoms with Crippen LogP contribution in [0.2, 0.25) is 5.28 Å². The summed E-state index contributed by atoms with van der Waals surface area (Å²) in [6, 6.07) is 0. The number of halogens is 3. The molecule has 0 rings (SSSR count). The maximum absolute atomic E-state index is 5.40. The molecule has 0 spiro atoms. The standard InChI is InChI=1S/C2H4Cl.Al.2ClH/c1-2-3;;;/h1-2H2;;2*1H/q;+2;;/p-2. The third kappa shape index (κ3) is 5.40. The molecule has 0 saturated heterocycles. The monoisotopic (exact) mass is 160 g/mol. The molecule has 0 radical (unpaired) electrons. The van der Waals surface area contributed by atoms with E-state index in [1.54, 1.807) is 0 Å². The van der Waals surface area contributed by atoms with Crippen molar-refractivity contribution in [2.45, 2.75) is 5.28 Å². The number of hydrogen-bond acceptors (Lipinski definition) is 0. The average molecular weight is 161 g/mol. The quantitative estimate of drug-likeness (QED) is 0.430. The van der Waals surface area contributed by atoms with Crippen LogP contribution in [0.3, 0.4) is 0 Å². The third-order valence-corrected chi connectivity index (χ3v) is 2.95. The first-order chi connectivity index (χ1) is 2.77. The summed E-state index contributed by atoms with van der Waals surface area (Å²) in [5, 5.41) is 0.810. The normalized spacial score (nSPS) is 8.50. The lowest BCUT2D eigenvalue weighted by Gasteiger charge is -1.81. The summed E-state index contributed by atoms with van der Waals surface area (Å²) in [6.45, 7) is 0. The molecular formula is C2H4AlCl3. The fraction of sp³-hybridized carbons (Fsp3) is 1.00. The maximum Gasteiger partial charge on any atom is 0.520 e. The Bertz CT molecular complexity index is 30.0. The lowest BCUT2D eigenvalue weighted by molar-refractivity contribution is 1.48. The Morgan fingerprint density at radius 1 is 1.33 bits per heavy atom. The van der Waals surface area contributed by atoms with Crippen LogP contribution in [0.1, 0.15) is 0 Å². The van der Waals surface area contributed by atoms with E-state index < -0.39 is 12.3 Å². The van der Waals surface area contributed by atoms with Gasteiger partial charge in [0.2, 0.25) is 0 Å². The van der Waals surface area contributed by atoms with Crippen LogP contribution in [-0.4, -0.2) is 18.2 Å². The molecule has 6 heavy (non-hydrogen) atoms. The minimum atomic E-state index is -1.36. The van der Waals surface area contributed by atoms with Crippen molar-refractivity contribution in [2.24, 2.45) is 0 Å². The van der Waals surface area contributed by atoms with E-state index in [1.807, 2.05) is 0 Å². The Labute approximate surface area is 55.2 Å². The number of rotatable bonds is 2. The van der Waals surface area contributed by atoms with Crippen LogP contribution in [0.5, 0.6) is 0 Å². The molecular weight excluding hydrogens is 157 g/mol. The molecule has 0 aliphatic rings. The van der Waals surface area contributed by atoms with Gasteiger partial charge >= 0.3 is 12.3 Å². The smallest absolute Gasteiger partial charge is 0.234 e. The second-order valence-corrected chi connectivity index (χ2v) is 6.44. The number of hydrogen-bond donors (Lipinski definition) is 0. The summed E-state index contributed by atoms with van der Waals surface area (Å²) < 4.78 is 0. The average Bonchev–Trinajstić information content (AvgIpc) is 1.35. The topological polar surface area (TPSA) is 0 Å². The molecule has 0 heterocycles. The highest BCUT2D eigenvalue weighted by molar-refractivity contribution is 7.33. The van der Waals surface area contributed by atoms with Crippen molar-refractivity contribution >= 4 is 44.0 Å². The van der Waals surface area contributed by atoms with E-state index in [0.29, 0.717) is 5.88 Å². The van der Waals surface area contributed by atoms with Crippen molar-refractivity contribution in [1.29, 1.82) is 0 Å². The zero-order valence-corrected chi connectivity index (χ0v) is 6.55. The molecule has 0 aromatic rings. The molecule has 36 valence electrons. The van der Waals surface area contributed by atoms with Crippen molar-refractivity contribution in [3.05, 3.63) is 0 Å². The fourth-order valence-corrected chi connectivity index (χ4v) is 2.23. The summed E-state index contributed by atoms with van der Waals surface area (Å²) in [5.74, 6) is 0.601. The Morgan fingerprint density at radius 3 is 1.83 bits per heavy atom. The van der Waals surface area contributed by atoms with E-state index in [1.165, 1.54) is 0 Å². The van der Waals surface area contributed by atoms with Crippen molar-refractivity contribution in [1.82, 2.24) is 0 Å². The molecule has 4 heteroatoms. The fourth-order valence-electron chi connectivity index (χ4n) is 0.0825. The van der Waals surface area contributed by atoms with E-state index in [2.05, 4.69) is 0 Å². The van der Waals surface area contributed by atoms with Crippen LogP contribution < -0.4 is 0 Å². The molecule has 0 saturated carbocycles. The summed E-state index contributed by atoms with van der Waals surface area (Å²) in [5.41, 5.74) is 0. The highest BCUT2D eigenvalue weighted by Crippen LogP contribution is 2.02. The highest BCUT2D eigenvalue weighted by atomic mass is 35.7. The minimum absolute atomic E-state index is 0.601. The van der Waals surface area contributed by atoms with Gasteiger partial charge in [-0.1, -0.05) is 5.28 Å². The molecule has 0 atom stereocenters. The van der Waals surface area contributed by atoms with E-state index in [9.17, 15) is 0 Å². The predicted molar refractivity (Wildman–Crippen MR) is 33.0 cm³/mol. The summed E-state index contributed by atoms with van der Waals surface area (Å²) in [7, 11) is 10.8. The van der Waals surface area contributed by atoms with Gasteiger partial charge < -0.3 is 0 Å². The van der Waals surface area contributed by atoms with E-state index >= 15 is 0 Å². The van der Waals surface area contributed by atoms with E-state index in [0.717, 1.165) is 5.28 Å². The van der Waals surface area contributed by atoms with Crippen LogP contribution in [0, 0.1) is 0 Å². The molecule has 0 aromatic carbocycles. The zero-order valence-electron chi connectivity index (χ0n) is 3.13. The molecule has 0 nitrogen and oxygen atoms in total. The van der Waals surface area contributed by atoms with Crippen LogP contribution in [0.4, 0.5) is 0 Å². The van der Waals surface area contributed by atoms with Crippen molar-refractivity contribution in [3.8, 4) is 0 Å². The third-order valence-electron chi connectivity index (χ3n) is 0.327. The lowest BCUT2D eigenvalue weighted by Crippen LogP contribution is -1.90. The van der Waals surface area contributed by atoms with Crippen molar-refractivity contribution < 1.29 is 0 Å². The van der Waals surface area contributed by atoms with Gasteiger partial charge in [0.15, 0.2) is 0 Å². The van der Waals surface area contributed by atoms with Gasteiger partial charge in [-0.05, 0) is 0 Å². The summed E-state index contributed by atoms with van der Waals surface area (Å²) in [4.78, 5) is 0. The highest BCUT2D eigenvalue weighted by Gasteiger charge is 2.07. The predicted octanol–water partition coefficient (Wildman–Crippen LogP) is 2.19.